The number of rotatable bonds is 10. The molecule has 28 heavy (non-hydrogen) atoms. The molecule has 1 aromatic carbocycles. The van der Waals surface area contributed by atoms with Gasteiger partial charge in [0.2, 0.25) is 5.91 Å². The average molecular weight is 504 g/mol. The Morgan fingerprint density at radius 1 is 1.29 bits per heavy atom. The largest absolute Gasteiger partial charge is 0.381 e. The zero-order valence-corrected chi connectivity index (χ0v) is 19.2. The maximum atomic E-state index is 11.8. The third kappa shape index (κ3) is 10.2. The second-order valence-electron chi connectivity index (χ2n) is 6.88. The minimum atomic E-state index is 0. The molecule has 1 amide bonds. The Hall–Kier alpha value is -1.39. The molecular weight excluding hydrogens is 471 g/mol. The molecule has 0 bridgehead atoms. The van der Waals surface area contributed by atoms with Crippen LogP contribution in [0.1, 0.15) is 18.4 Å². The number of amides is 1. The molecule has 1 heterocycles. The summed E-state index contributed by atoms with van der Waals surface area (Å²) in [5.41, 5.74) is 1.12. The Labute approximate surface area is 185 Å². The number of likely N-dealkylation sites (N-methyl/N-ethyl adjacent to an activating group) is 1. The van der Waals surface area contributed by atoms with Gasteiger partial charge in [-0.15, -0.1) is 24.0 Å². The maximum Gasteiger partial charge on any atom is 0.241 e. The minimum Gasteiger partial charge on any atom is -0.381 e. The van der Waals surface area contributed by atoms with Crippen LogP contribution in [0.5, 0.6) is 0 Å². The molecule has 2 rings (SSSR count). The Balaban J connectivity index is 0.00000392. The zero-order chi connectivity index (χ0) is 19.3. The summed E-state index contributed by atoms with van der Waals surface area (Å²) in [6, 6.07) is 10.0. The third-order valence-electron chi connectivity index (χ3n) is 4.30. The highest BCUT2D eigenvalue weighted by Gasteiger charge is 2.15. The number of aliphatic imine (C=N–C) groups is 1. The fraction of sp³-hybridized carbons (Fsp3) is 0.600. The van der Waals surface area contributed by atoms with E-state index in [-0.39, 0.29) is 36.4 Å². The van der Waals surface area contributed by atoms with Crippen LogP contribution in [0.4, 0.5) is 0 Å². The highest BCUT2D eigenvalue weighted by molar-refractivity contribution is 14.0. The van der Waals surface area contributed by atoms with Crippen molar-refractivity contribution in [3.05, 3.63) is 35.9 Å². The van der Waals surface area contributed by atoms with Crippen LogP contribution in [0, 0.1) is 5.92 Å². The molecule has 0 saturated carbocycles. The summed E-state index contributed by atoms with van der Waals surface area (Å²) in [6.45, 7) is 4.65. The third-order valence-corrected chi connectivity index (χ3v) is 4.30. The lowest BCUT2D eigenvalue weighted by atomic mass is 10.1. The molecule has 8 heteroatoms. The van der Waals surface area contributed by atoms with E-state index in [4.69, 9.17) is 9.47 Å². The number of ether oxygens (including phenoxy) is 2. The average Bonchev–Trinajstić information content (AvgIpc) is 3.20. The van der Waals surface area contributed by atoms with Gasteiger partial charge in [0, 0.05) is 39.8 Å². The second-order valence-corrected chi connectivity index (χ2v) is 6.88. The fourth-order valence-electron chi connectivity index (χ4n) is 2.59. The molecule has 1 fully saturated rings. The number of benzene rings is 1. The van der Waals surface area contributed by atoms with Crippen molar-refractivity contribution in [3.8, 4) is 0 Å². The summed E-state index contributed by atoms with van der Waals surface area (Å²) >= 11 is 0. The fourth-order valence-corrected chi connectivity index (χ4v) is 2.59. The summed E-state index contributed by atoms with van der Waals surface area (Å²) in [7, 11) is 3.48. The molecule has 0 radical (unpaired) electrons. The topological polar surface area (TPSA) is 75.2 Å². The van der Waals surface area contributed by atoms with E-state index in [1.807, 2.05) is 30.3 Å². The Morgan fingerprint density at radius 2 is 2.07 bits per heavy atom. The first kappa shape index (κ1) is 24.6. The van der Waals surface area contributed by atoms with E-state index >= 15 is 0 Å². The summed E-state index contributed by atoms with van der Waals surface area (Å²) in [6.07, 6.45) is 1.97. The number of hydrogen-bond acceptors (Lipinski definition) is 4. The molecule has 158 valence electrons. The maximum absolute atomic E-state index is 11.8. The minimum absolute atomic E-state index is 0. The quantitative estimate of drug-likeness (QED) is 0.220. The van der Waals surface area contributed by atoms with Gasteiger partial charge in [0.25, 0.3) is 0 Å². The first-order chi connectivity index (χ1) is 13.1. The van der Waals surface area contributed by atoms with Crippen LogP contribution >= 0.6 is 24.0 Å². The number of halogens is 1. The molecule has 1 aliphatic rings. The summed E-state index contributed by atoms with van der Waals surface area (Å²) in [5.74, 6) is 1.18. The molecule has 2 N–H and O–H groups in total. The van der Waals surface area contributed by atoms with Crippen molar-refractivity contribution in [2.45, 2.75) is 19.4 Å². The Bertz CT molecular complexity index is 578. The van der Waals surface area contributed by atoms with E-state index in [9.17, 15) is 4.79 Å². The van der Waals surface area contributed by atoms with Gasteiger partial charge in [-0.1, -0.05) is 30.3 Å². The first-order valence-electron chi connectivity index (χ1n) is 9.57. The highest BCUT2D eigenvalue weighted by atomic mass is 127. The first-order valence-corrected chi connectivity index (χ1v) is 9.57. The van der Waals surface area contributed by atoms with Gasteiger partial charge in [0.1, 0.15) is 0 Å². The Morgan fingerprint density at radius 3 is 2.75 bits per heavy atom. The number of carbonyl (C=O) groups excluding carboxylic acids is 1. The van der Waals surface area contributed by atoms with E-state index in [1.54, 1.807) is 19.0 Å². The van der Waals surface area contributed by atoms with Crippen molar-refractivity contribution < 1.29 is 14.3 Å². The molecule has 1 atom stereocenters. The zero-order valence-electron chi connectivity index (χ0n) is 16.9. The molecule has 0 aliphatic carbocycles. The summed E-state index contributed by atoms with van der Waals surface area (Å²) in [5, 5.41) is 6.37. The normalized spacial score (nSPS) is 16.4. The van der Waals surface area contributed by atoms with E-state index in [0.29, 0.717) is 25.0 Å². The molecule has 1 saturated heterocycles. The predicted molar refractivity (Wildman–Crippen MR) is 122 cm³/mol. The number of nitrogens with zero attached hydrogens (tertiary/aromatic N) is 2. The lowest BCUT2D eigenvalue weighted by Crippen LogP contribution is -2.43. The van der Waals surface area contributed by atoms with Crippen LogP contribution in [-0.2, 0) is 20.8 Å². The van der Waals surface area contributed by atoms with Crippen molar-refractivity contribution in [1.29, 1.82) is 0 Å². The van der Waals surface area contributed by atoms with Crippen molar-refractivity contribution >= 4 is 35.8 Å². The van der Waals surface area contributed by atoms with Gasteiger partial charge in [-0.05, 0) is 18.4 Å². The lowest BCUT2D eigenvalue weighted by molar-refractivity contribution is -0.127. The molecule has 1 aromatic rings. The number of guanidine groups is 1. The van der Waals surface area contributed by atoms with Gasteiger partial charge >= 0.3 is 0 Å². The molecule has 0 aromatic heterocycles. The van der Waals surface area contributed by atoms with Crippen LogP contribution < -0.4 is 10.6 Å². The van der Waals surface area contributed by atoms with Crippen molar-refractivity contribution in [2.75, 3.05) is 53.6 Å². The van der Waals surface area contributed by atoms with Crippen LogP contribution in [0.25, 0.3) is 0 Å². The molecule has 1 unspecified atom stereocenters. The van der Waals surface area contributed by atoms with Gasteiger partial charge in [0.15, 0.2) is 5.96 Å². The van der Waals surface area contributed by atoms with Crippen molar-refractivity contribution in [1.82, 2.24) is 15.5 Å². The van der Waals surface area contributed by atoms with E-state index < -0.39 is 0 Å². The molecule has 1 aliphatic heterocycles. The Kier molecular flexibility index (Phi) is 12.8. The lowest BCUT2D eigenvalue weighted by Gasteiger charge is -2.15. The SMILES string of the molecule is CN(C)C(=O)CNC(=NCc1ccccc1)NCCCOCC1CCOC1.I. The summed E-state index contributed by atoms with van der Waals surface area (Å²) < 4.78 is 11.1. The number of carbonyl (C=O) groups is 1. The van der Waals surface area contributed by atoms with E-state index in [0.717, 1.165) is 44.8 Å². The van der Waals surface area contributed by atoms with Crippen LogP contribution in [0.15, 0.2) is 35.3 Å². The van der Waals surface area contributed by atoms with Gasteiger partial charge in [-0.25, -0.2) is 4.99 Å². The smallest absolute Gasteiger partial charge is 0.241 e. The predicted octanol–water partition coefficient (Wildman–Crippen LogP) is 1.87. The van der Waals surface area contributed by atoms with Crippen molar-refractivity contribution in [2.24, 2.45) is 10.9 Å². The van der Waals surface area contributed by atoms with Gasteiger partial charge in [0.05, 0.1) is 26.3 Å². The highest BCUT2D eigenvalue weighted by Crippen LogP contribution is 2.12. The standard InChI is InChI=1S/C20H32N4O3.HI/c1-24(2)19(25)14-23-20(22-13-17-7-4-3-5-8-17)21-10-6-11-26-15-18-9-12-27-16-18;/h3-5,7-8,18H,6,9-16H2,1-2H3,(H2,21,22,23);1H. The van der Waals surface area contributed by atoms with Gasteiger partial charge < -0.3 is 25.0 Å². The monoisotopic (exact) mass is 504 g/mol. The van der Waals surface area contributed by atoms with E-state index in [1.165, 1.54) is 0 Å². The van der Waals surface area contributed by atoms with Gasteiger partial charge in [-0.2, -0.15) is 0 Å². The van der Waals surface area contributed by atoms with Crippen LogP contribution in [0.2, 0.25) is 0 Å². The molecule has 0 spiro atoms. The second kappa shape index (κ2) is 14.6. The van der Waals surface area contributed by atoms with Crippen LogP contribution in [0.3, 0.4) is 0 Å². The number of nitrogens with one attached hydrogen (secondary N) is 2. The number of hydrogen-bond donors (Lipinski definition) is 2. The molecular formula is C20H33IN4O3. The van der Waals surface area contributed by atoms with Gasteiger partial charge in [-0.3, -0.25) is 4.79 Å². The van der Waals surface area contributed by atoms with E-state index in [2.05, 4.69) is 15.6 Å². The summed E-state index contributed by atoms with van der Waals surface area (Å²) in [4.78, 5) is 17.9. The molecule has 7 nitrogen and oxygen atoms in total. The van der Waals surface area contributed by atoms with Crippen LogP contribution in [-0.4, -0.2) is 70.4 Å². The van der Waals surface area contributed by atoms with Crippen molar-refractivity contribution in [3.63, 3.8) is 0 Å².